The molecule has 0 aromatic carbocycles. The van der Waals surface area contributed by atoms with E-state index in [1.54, 1.807) is 0 Å². The molecule has 1 fully saturated rings. The first-order valence-corrected chi connectivity index (χ1v) is 3.82. The third kappa shape index (κ3) is 1.26. The molecule has 1 aliphatic carbocycles. The van der Waals surface area contributed by atoms with Crippen LogP contribution in [0.15, 0.2) is 4.52 Å². The molecule has 0 atom stereocenters. The molecule has 1 aromatic heterocycles. The van der Waals surface area contributed by atoms with Crippen LogP contribution >= 0.6 is 11.6 Å². The summed E-state index contributed by atoms with van der Waals surface area (Å²) in [5.74, 6) is 0.737. The van der Waals surface area contributed by atoms with Gasteiger partial charge in [-0.2, -0.15) is 0 Å². The van der Waals surface area contributed by atoms with Gasteiger partial charge in [0.05, 0.1) is 0 Å². The van der Waals surface area contributed by atoms with Crippen molar-refractivity contribution in [3.05, 3.63) is 5.02 Å². The highest BCUT2D eigenvalue weighted by atomic mass is 35.5. The lowest BCUT2D eigenvalue weighted by molar-refractivity contribution is 0.435. The van der Waals surface area contributed by atoms with Crippen molar-refractivity contribution in [1.29, 1.82) is 0 Å². The second kappa shape index (κ2) is 2.30. The molecule has 1 aliphatic rings. The third-order valence-corrected chi connectivity index (χ3v) is 1.94. The molecule has 0 aliphatic heterocycles. The van der Waals surface area contributed by atoms with Gasteiger partial charge >= 0.3 is 0 Å². The second-order valence-electron chi connectivity index (χ2n) is 2.63. The average Bonchev–Trinajstić information content (AvgIpc) is 2.74. The zero-order valence-corrected chi connectivity index (χ0v) is 6.56. The lowest BCUT2D eigenvalue weighted by Crippen LogP contribution is -1.99. The number of halogens is 1. The largest absolute Gasteiger partial charge is 0.380 e. The number of nitrogens with two attached hydrogens (primary N) is 1. The van der Waals surface area contributed by atoms with Gasteiger partial charge in [0.25, 0.3) is 0 Å². The van der Waals surface area contributed by atoms with Gasteiger partial charge in [-0.25, -0.2) is 0 Å². The quantitative estimate of drug-likeness (QED) is 0.711. The molecular formula is C6H8ClN3O. The number of rotatable bonds is 2. The molecule has 5 heteroatoms. The molecule has 0 radical (unpaired) electrons. The van der Waals surface area contributed by atoms with Crippen molar-refractivity contribution in [2.45, 2.75) is 18.9 Å². The van der Waals surface area contributed by atoms with Crippen molar-refractivity contribution in [2.24, 2.45) is 0 Å². The first kappa shape index (κ1) is 6.79. The van der Waals surface area contributed by atoms with Crippen molar-refractivity contribution in [2.75, 3.05) is 11.1 Å². The van der Waals surface area contributed by atoms with Crippen molar-refractivity contribution in [3.8, 4) is 0 Å². The highest BCUT2D eigenvalue weighted by molar-refractivity contribution is 6.35. The zero-order valence-electron chi connectivity index (χ0n) is 5.80. The van der Waals surface area contributed by atoms with Crippen LogP contribution in [0, 0.1) is 0 Å². The van der Waals surface area contributed by atoms with Gasteiger partial charge in [-0.3, -0.25) is 0 Å². The molecule has 2 rings (SSSR count). The van der Waals surface area contributed by atoms with E-state index < -0.39 is 0 Å². The first-order valence-electron chi connectivity index (χ1n) is 3.44. The molecule has 0 saturated heterocycles. The summed E-state index contributed by atoms with van der Waals surface area (Å²) in [5.41, 5.74) is 5.36. The number of nitrogen functional groups attached to an aromatic ring is 1. The molecule has 1 saturated carbocycles. The molecule has 0 unspecified atom stereocenters. The van der Waals surface area contributed by atoms with E-state index in [-0.39, 0.29) is 5.82 Å². The van der Waals surface area contributed by atoms with Gasteiger partial charge in [-0.15, -0.1) is 0 Å². The molecular weight excluding hydrogens is 166 g/mol. The van der Waals surface area contributed by atoms with Crippen LogP contribution in [-0.2, 0) is 0 Å². The van der Waals surface area contributed by atoms with E-state index in [0.29, 0.717) is 16.9 Å². The van der Waals surface area contributed by atoms with Crippen molar-refractivity contribution < 1.29 is 4.52 Å². The zero-order chi connectivity index (χ0) is 7.84. The topological polar surface area (TPSA) is 64.1 Å². The van der Waals surface area contributed by atoms with E-state index in [4.69, 9.17) is 21.9 Å². The lowest BCUT2D eigenvalue weighted by Gasteiger charge is -1.96. The molecule has 1 heterocycles. The van der Waals surface area contributed by atoms with Crippen molar-refractivity contribution in [1.82, 2.24) is 5.16 Å². The minimum atomic E-state index is 0.245. The summed E-state index contributed by atoms with van der Waals surface area (Å²) in [6, 6.07) is 0.500. The fourth-order valence-electron chi connectivity index (χ4n) is 0.794. The summed E-state index contributed by atoms with van der Waals surface area (Å²) >= 11 is 5.74. The van der Waals surface area contributed by atoms with Gasteiger partial charge in [0.2, 0.25) is 5.88 Å². The third-order valence-electron chi connectivity index (χ3n) is 1.57. The first-order chi connectivity index (χ1) is 5.27. The summed E-state index contributed by atoms with van der Waals surface area (Å²) in [5, 5.41) is 6.96. The smallest absolute Gasteiger partial charge is 0.246 e. The van der Waals surface area contributed by atoms with Crippen LogP contribution in [0.1, 0.15) is 12.8 Å². The predicted molar refractivity (Wildman–Crippen MR) is 42.6 cm³/mol. The molecule has 4 nitrogen and oxygen atoms in total. The van der Waals surface area contributed by atoms with Crippen LogP contribution in [-0.4, -0.2) is 11.2 Å². The summed E-state index contributed by atoms with van der Waals surface area (Å²) in [6.45, 7) is 0. The van der Waals surface area contributed by atoms with Crippen LogP contribution in [0.25, 0.3) is 0 Å². The molecule has 11 heavy (non-hydrogen) atoms. The number of nitrogens with one attached hydrogen (secondary N) is 1. The standard InChI is InChI=1S/C6H8ClN3O/c7-4-5(8)10-11-6(4)9-3-1-2-3/h3,9H,1-2H2,(H2,8,10). The monoisotopic (exact) mass is 173 g/mol. The Labute approximate surface area is 68.7 Å². The van der Waals surface area contributed by atoms with Crippen LogP contribution in [0.3, 0.4) is 0 Å². The van der Waals surface area contributed by atoms with Crippen LogP contribution in [0.4, 0.5) is 11.7 Å². The van der Waals surface area contributed by atoms with Crippen molar-refractivity contribution in [3.63, 3.8) is 0 Å². The van der Waals surface area contributed by atoms with E-state index in [2.05, 4.69) is 10.5 Å². The Morgan fingerprint density at radius 1 is 1.64 bits per heavy atom. The minimum Gasteiger partial charge on any atom is -0.380 e. The maximum Gasteiger partial charge on any atom is 0.246 e. The van der Waals surface area contributed by atoms with E-state index in [1.807, 2.05) is 0 Å². The summed E-state index contributed by atoms with van der Waals surface area (Å²) in [6.07, 6.45) is 2.33. The molecule has 1 aromatic rings. The maximum atomic E-state index is 5.74. The predicted octanol–water partition coefficient (Wildman–Crippen LogP) is 1.48. The Hall–Kier alpha value is -0.900. The Kier molecular flexibility index (Phi) is 1.42. The van der Waals surface area contributed by atoms with Gasteiger partial charge in [0.1, 0.15) is 5.02 Å². The fourth-order valence-corrected chi connectivity index (χ4v) is 0.918. The number of hydrogen-bond donors (Lipinski definition) is 2. The van der Waals surface area contributed by atoms with E-state index in [0.717, 1.165) is 12.8 Å². The van der Waals surface area contributed by atoms with Gasteiger partial charge in [0, 0.05) is 6.04 Å². The average molecular weight is 174 g/mol. The summed E-state index contributed by atoms with van der Waals surface area (Å²) < 4.78 is 4.83. The second-order valence-corrected chi connectivity index (χ2v) is 3.01. The van der Waals surface area contributed by atoms with Crippen LogP contribution in [0.2, 0.25) is 5.02 Å². The Morgan fingerprint density at radius 2 is 2.36 bits per heavy atom. The molecule has 60 valence electrons. The highest BCUT2D eigenvalue weighted by Crippen LogP contribution is 2.32. The molecule has 3 N–H and O–H groups in total. The van der Waals surface area contributed by atoms with Crippen LogP contribution < -0.4 is 11.1 Å². The summed E-state index contributed by atoms with van der Waals surface area (Å²) in [4.78, 5) is 0. The van der Waals surface area contributed by atoms with E-state index in [9.17, 15) is 0 Å². The minimum absolute atomic E-state index is 0.245. The SMILES string of the molecule is Nc1noc(NC2CC2)c1Cl. The van der Waals surface area contributed by atoms with Crippen molar-refractivity contribution >= 4 is 23.3 Å². The van der Waals surface area contributed by atoms with E-state index in [1.165, 1.54) is 0 Å². The van der Waals surface area contributed by atoms with Gasteiger partial charge < -0.3 is 15.6 Å². The summed E-state index contributed by atoms with van der Waals surface area (Å²) in [7, 11) is 0. The normalized spacial score (nSPS) is 16.8. The Balaban J connectivity index is 2.15. The van der Waals surface area contributed by atoms with Crippen LogP contribution in [0.5, 0.6) is 0 Å². The Morgan fingerprint density at radius 3 is 2.82 bits per heavy atom. The fraction of sp³-hybridized carbons (Fsp3) is 0.500. The number of nitrogens with zero attached hydrogens (tertiary/aromatic N) is 1. The number of aromatic nitrogens is 1. The van der Waals surface area contributed by atoms with Gasteiger partial charge in [-0.1, -0.05) is 16.8 Å². The number of anilines is 2. The van der Waals surface area contributed by atoms with E-state index >= 15 is 0 Å². The molecule has 0 amide bonds. The Bertz CT molecular complexity index is 269. The van der Waals surface area contributed by atoms with Gasteiger partial charge in [-0.05, 0) is 12.8 Å². The van der Waals surface area contributed by atoms with Gasteiger partial charge in [0.15, 0.2) is 5.82 Å². The number of hydrogen-bond acceptors (Lipinski definition) is 4. The molecule has 0 spiro atoms. The lowest BCUT2D eigenvalue weighted by atomic mass is 10.5. The molecule has 0 bridgehead atoms. The maximum absolute atomic E-state index is 5.74. The highest BCUT2D eigenvalue weighted by Gasteiger charge is 2.24.